The van der Waals surface area contributed by atoms with E-state index in [-0.39, 0.29) is 22.2 Å². The first-order valence-electron chi connectivity index (χ1n) is 4.30. The molecule has 4 heteroatoms. The highest BCUT2D eigenvalue weighted by Crippen LogP contribution is 2.36. The van der Waals surface area contributed by atoms with Gasteiger partial charge < -0.3 is 5.73 Å². The van der Waals surface area contributed by atoms with Gasteiger partial charge in [-0.2, -0.15) is 0 Å². The Kier molecular flexibility index (Phi) is 3.00. The molecule has 2 N–H and O–H groups in total. The Hall–Kier alpha value is -0.830. The summed E-state index contributed by atoms with van der Waals surface area (Å²) in [5, 5.41) is -0.208. The Morgan fingerprint density at radius 3 is 2.14 bits per heavy atom. The molecule has 0 fully saturated rings. The molecule has 0 heterocycles. The number of anilines is 1. The molecule has 0 aliphatic rings. The van der Waals surface area contributed by atoms with Crippen molar-refractivity contribution in [3.8, 4) is 0 Å². The van der Waals surface area contributed by atoms with Crippen LogP contribution in [0.4, 0.5) is 14.5 Å². The Balaban J connectivity index is 3.60. The SMILES string of the molecule is Cc1c(N)c(C(C)C)c(Cl)c(F)c1F. The smallest absolute Gasteiger partial charge is 0.178 e. The quantitative estimate of drug-likeness (QED) is 0.567. The van der Waals surface area contributed by atoms with Crippen LogP contribution in [0.5, 0.6) is 0 Å². The van der Waals surface area contributed by atoms with E-state index >= 15 is 0 Å². The normalized spacial score (nSPS) is 11.1. The van der Waals surface area contributed by atoms with Gasteiger partial charge in [0.15, 0.2) is 11.6 Å². The highest BCUT2D eigenvalue weighted by Gasteiger charge is 2.20. The van der Waals surface area contributed by atoms with Crippen LogP contribution in [0.1, 0.15) is 30.9 Å². The molecule has 14 heavy (non-hydrogen) atoms. The fraction of sp³-hybridized carbons (Fsp3) is 0.400. The first kappa shape index (κ1) is 11.2. The van der Waals surface area contributed by atoms with Gasteiger partial charge in [-0.3, -0.25) is 0 Å². The highest BCUT2D eigenvalue weighted by molar-refractivity contribution is 6.32. The van der Waals surface area contributed by atoms with Gasteiger partial charge in [-0.25, -0.2) is 8.78 Å². The Labute approximate surface area is 86.9 Å². The maximum Gasteiger partial charge on any atom is 0.178 e. The van der Waals surface area contributed by atoms with Crippen molar-refractivity contribution in [3.63, 3.8) is 0 Å². The molecule has 1 nitrogen and oxygen atoms in total. The van der Waals surface area contributed by atoms with E-state index in [4.69, 9.17) is 17.3 Å². The number of halogens is 3. The van der Waals surface area contributed by atoms with Crippen LogP contribution in [-0.2, 0) is 0 Å². The molecule has 0 unspecified atom stereocenters. The van der Waals surface area contributed by atoms with Crippen molar-refractivity contribution in [2.24, 2.45) is 0 Å². The largest absolute Gasteiger partial charge is 0.398 e. The van der Waals surface area contributed by atoms with E-state index in [1.807, 2.05) is 13.8 Å². The number of nitrogen functional groups attached to an aromatic ring is 1. The molecular weight excluding hydrogens is 208 g/mol. The summed E-state index contributed by atoms with van der Waals surface area (Å²) in [6.45, 7) is 5.10. The monoisotopic (exact) mass is 219 g/mol. The Morgan fingerprint density at radius 1 is 1.21 bits per heavy atom. The second kappa shape index (κ2) is 3.73. The van der Waals surface area contributed by atoms with E-state index < -0.39 is 11.6 Å². The topological polar surface area (TPSA) is 26.0 Å². The van der Waals surface area contributed by atoms with Crippen LogP contribution in [0.3, 0.4) is 0 Å². The van der Waals surface area contributed by atoms with Crippen molar-refractivity contribution in [3.05, 3.63) is 27.8 Å². The van der Waals surface area contributed by atoms with Crippen LogP contribution in [0.25, 0.3) is 0 Å². The lowest BCUT2D eigenvalue weighted by Gasteiger charge is -2.15. The standard InChI is InChI=1S/C10H12ClF2N/c1-4(2)6-7(11)9(13)8(12)5(3)10(6)14/h4H,14H2,1-3H3. The number of hydrogen-bond acceptors (Lipinski definition) is 1. The first-order valence-corrected chi connectivity index (χ1v) is 4.68. The summed E-state index contributed by atoms with van der Waals surface area (Å²) in [5.74, 6) is -2.00. The first-order chi connectivity index (χ1) is 6.37. The lowest BCUT2D eigenvalue weighted by atomic mass is 9.97. The van der Waals surface area contributed by atoms with E-state index in [2.05, 4.69) is 0 Å². The molecule has 0 aliphatic heterocycles. The van der Waals surface area contributed by atoms with Crippen molar-refractivity contribution in [2.45, 2.75) is 26.7 Å². The van der Waals surface area contributed by atoms with Crippen LogP contribution in [-0.4, -0.2) is 0 Å². The second-order valence-corrected chi connectivity index (χ2v) is 3.93. The van der Waals surface area contributed by atoms with Crippen molar-refractivity contribution >= 4 is 17.3 Å². The zero-order chi connectivity index (χ0) is 11.0. The predicted octanol–water partition coefficient (Wildman–Crippen LogP) is 3.63. The molecule has 0 saturated carbocycles. The van der Waals surface area contributed by atoms with Gasteiger partial charge in [-0.1, -0.05) is 25.4 Å². The van der Waals surface area contributed by atoms with Gasteiger partial charge in [-0.15, -0.1) is 0 Å². The molecule has 0 spiro atoms. The Bertz CT molecular complexity index is 346. The number of benzene rings is 1. The van der Waals surface area contributed by atoms with Gasteiger partial charge in [0.1, 0.15) is 0 Å². The molecule has 0 atom stereocenters. The molecular formula is C10H12ClF2N. The van der Waals surface area contributed by atoms with E-state index in [1.165, 1.54) is 6.92 Å². The summed E-state index contributed by atoms with van der Waals surface area (Å²) in [6, 6.07) is 0. The average Bonchev–Trinajstić information content (AvgIpc) is 2.11. The maximum atomic E-state index is 13.2. The third-order valence-electron chi connectivity index (χ3n) is 2.22. The lowest BCUT2D eigenvalue weighted by Crippen LogP contribution is -2.05. The third-order valence-corrected chi connectivity index (χ3v) is 2.59. The zero-order valence-corrected chi connectivity index (χ0v) is 9.04. The summed E-state index contributed by atoms with van der Waals surface area (Å²) in [5.41, 5.74) is 6.50. The minimum atomic E-state index is -1.01. The fourth-order valence-corrected chi connectivity index (χ4v) is 1.79. The van der Waals surface area contributed by atoms with Crippen LogP contribution in [0.15, 0.2) is 0 Å². The number of nitrogens with two attached hydrogens (primary N) is 1. The van der Waals surface area contributed by atoms with Crippen molar-refractivity contribution in [1.82, 2.24) is 0 Å². The van der Waals surface area contributed by atoms with Crippen LogP contribution in [0, 0.1) is 18.6 Å². The third kappa shape index (κ3) is 1.57. The van der Waals surface area contributed by atoms with Crippen molar-refractivity contribution < 1.29 is 8.78 Å². The lowest BCUT2D eigenvalue weighted by molar-refractivity contribution is 0.502. The minimum absolute atomic E-state index is 0.0312. The van der Waals surface area contributed by atoms with Gasteiger partial charge in [0, 0.05) is 11.3 Å². The highest BCUT2D eigenvalue weighted by atomic mass is 35.5. The number of rotatable bonds is 1. The molecule has 1 aromatic carbocycles. The molecule has 0 saturated heterocycles. The van der Waals surface area contributed by atoms with Crippen LogP contribution < -0.4 is 5.73 Å². The van der Waals surface area contributed by atoms with E-state index in [9.17, 15) is 8.78 Å². The molecule has 0 aliphatic carbocycles. The van der Waals surface area contributed by atoms with Gasteiger partial charge in [0.25, 0.3) is 0 Å². The van der Waals surface area contributed by atoms with Gasteiger partial charge in [0.05, 0.1) is 5.02 Å². The molecule has 1 aromatic rings. The minimum Gasteiger partial charge on any atom is -0.398 e. The van der Waals surface area contributed by atoms with Crippen LogP contribution in [0.2, 0.25) is 5.02 Å². The zero-order valence-electron chi connectivity index (χ0n) is 8.29. The van der Waals surface area contributed by atoms with E-state index in [1.54, 1.807) is 0 Å². The van der Waals surface area contributed by atoms with Crippen molar-refractivity contribution in [1.29, 1.82) is 0 Å². The molecule has 0 amide bonds. The molecule has 1 rings (SSSR count). The van der Waals surface area contributed by atoms with Crippen LogP contribution >= 0.6 is 11.6 Å². The Morgan fingerprint density at radius 2 is 1.71 bits per heavy atom. The summed E-state index contributed by atoms with van der Waals surface area (Å²) in [7, 11) is 0. The van der Waals surface area contributed by atoms with Gasteiger partial charge >= 0.3 is 0 Å². The molecule has 0 aromatic heterocycles. The summed E-state index contributed by atoms with van der Waals surface area (Å²) in [4.78, 5) is 0. The fourth-order valence-electron chi connectivity index (χ4n) is 1.38. The average molecular weight is 220 g/mol. The van der Waals surface area contributed by atoms with Gasteiger partial charge in [0.2, 0.25) is 0 Å². The maximum absolute atomic E-state index is 13.2. The van der Waals surface area contributed by atoms with Crippen molar-refractivity contribution in [2.75, 3.05) is 5.73 Å². The number of hydrogen-bond donors (Lipinski definition) is 1. The summed E-state index contributed by atoms with van der Waals surface area (Å²) < 4.78 is 26.4. The van der Waals surface area contributed by atoms with E-state index in [0.29, 0.717) is 5.56 Å². The molecule has 78 valence electrons. The molecule has 0 radical (unpaired) electrons. The summed E-state index contributed by atoms with van der Waals surface area (Å²) >= 11 is 5.68. The molecule has 0 bridgehead atoms. The second-order valence-electron chi connectivity index (χ2n) is 3.55. The van der Waals surface area contributed by atoms with Gasteiger partial charge in [-0.05, 0) is 18.4 Å². The van der Waals surface area contributed by atoms with E-state index in [0.717, 1.165) is 0 Å². The summed E-state index contributed by atoms with van der Waals surface area (Å²) in [6.07, 6.45) is 0. The predicted molar refractivity (Wildman–Crippen MR) is 54.6 cm³/mol.